The minimum atomic E-state index is -0.476. The van der Waals surface area contributed by atoms with Crippen molar-refractivity contribution in [1.29, 1.82) is 0 Å². The summed E-state index contributed by atoms with van der Waals surface area (Å²) in [7, 11) is 0. The molecule has 0 spiro atoms. The molecule has 0 unspecified atom stereocenters. The summed E-state index contributed by atoms with van der Waals surface area (Å²) in [5.74, 6) is 0. The predicted octanol–water partition coefficient (Wildman–Crippen LogP) is 1.94. The molecular weight excluding hydrogens is 182 g/mol. The van der Waals surface area contributed by atoms with Crippen LogP contribution in [0.4, 0.5) is 4.79 Å². The van der Waals surface area contributed by atoms with E-state index in [9.17, 15) is 4.79 Å². The molecule has 0 aromatic carbocycles. The normalized spacial score (nSPS) is 15.5. The highest BCUT2D eigenvalue weighted by Gasteiger charge is 2.16. The number of rotatable bonds is 1. The molecule has 1 heterocycles. The number of hydrogen-bond donors (Lipinski definition) is 1. The summed E-state index contributed by atoms with van der Waals surface area (Å²) in [5, 5.41) is 2.60. The summed E-state index contributed by atoms with van der Waals surface area (Å²) in [6.45, 7) is 5.82. The van der Waals surface area contributed by atoms with Crippen LogP contribution in [0, 0.1) is 0 Å². The molecular formula is C10H15NO3. The molecule has 1 N–H and O–H groups in total. The third-order valence-corrected chi connectivity index (χ3v) is 1.37. The Morgan fingerprint density at radius 1 is 1.57 bits per heavy atom. The van der Waals surface area contributed by atoms with Gasteiger partial charge in [-0.2, -0.15) is 0 Å². The van der Waals surface area contributed by atoms with Gasteiger partial charge < -0.3 is 9.47 Å². The van der Waals surface area contributed by atoms with E-state index in [2.05, 4.69) is 5.32 Å². The van der Waals surface area contributed by atoms with Gasteiger partial charge in [-0.1, -0.05) is 0 Å². The standard InChI is InChI=1S/C10H15NO3/c1-10(2,3)14-9(12)11-8-5-4-6-13-7-8/h4-6H,7H2,1-3H3,(H,11,12). The van der Waals surface area contributed by atoms with Crippen LogP contribution >= 0.6 is 0 Å². The van der Waals surface area contributed by atoms with Crippen LogP contribution in [0.1, 0.15) is 20.8 Å². The summed E-state index contributed by atoms with van der Waals surface area (Å²) in [4.78, 5) is 11.3. The maximum atomic E-state index is 11.3. The highest BCUT2D eigenvalue weighted by atomic mass is 16.6. The zero-order valence-corrected chi connectivity index (χ0v) is 8.66. The Morgan fingerprint density at radius 3 is 2.79 bits per heavy atom. The number of ether oxygens (including phenoxy) is 2. The Kier molecular flexibility index (Phi) is 3.17. The highest BCUT2D eigenvalue weighted by Crippen LogP contribution is 2.08. The van der Waals surface area contributed by atoms with Gasteiger partial charge in [0.25, 0.3) is 0 Å². The fourth-order valence-corrected chi connectivity index (χ4v) is 0.909. The molecule has 14 heavy (non-hydrogen) atoms. The van der Waals surface area contributed by atoms with E-state index in [1.54, 1.807) is 18.4 Å². The average Bonchev–Trinajstić information content (AvgIpc) is 2.02. The molecule has 0 aromatic heterocycles. The number of alkyl carbamates (subject to hydrolysis) is 1. The SMILES string of the molecule is CC(C)(C)OC(=O)NC1=CC=COC1. The molecule has 0 fully saturated rings. The van der Waals surface area contributed by atoms with Crippen LogP contribution in [0.15, 0.2) is 24.1 Å². The van der Waals surface area contributed by atoms with Gasteiger partial charge in [0.05, 0.1) is 12.0 Å². The average molecular weight is 197 g/mol. The van der Waals surface area contributed by atoms with Crippen LogP contribution in [0.5, 0.6) is 0 Å². The van der Waals surface area contributed by atoms with Crippen molar-refractivity contribution in [3.63, 3.8) is 0 Å². The zero-order valence-electron chi connectivity index (χ0n) is 8.66. The number of amides is 1. The van der Waals surface area contributed by atoms with Crippen LogP contribution in [-0.4, -0.2) is 18.3 Å². The maximum Gasteiger partial charge on any atom is 0.412 e. The first-order valence-corrected chi connectivity index (χ1v) is 4.45. The molecule has 4 nitrogen and oxygen atoms in total. The predicted molar refractivity (Wildman–Crippen MR) is 52.5 cm³/mol. The Hall–Kier alpha value is -1.45. The van der Waals surface area contributed by atoms with E-state index in [1.165, 1.54) is 0 Å². The van der Waals surface area contributed by atoms with E-state index in [4.69, 9.17) is 9.47 Å². The largest absolute Gasteiger partial charge is 0.495 e. The zero-order chi connectivity index (χ0) is 10.6. The Morgan fingerprint density at radius 2 is 2.29 bits per heavy atom. The van der Waals surface area contributed by atoms with Crippen molar-refractivity contribution >= 4 is 6.09 Å². The van der Waals surface area contributed by atoms with E-state index in [0.717, 1.165) is 0 Å². The second-order valence-electron chi connectivity index (χ2n) is 3.96. The number of nitrogens with one attached hydrogen (secondary N) is 1. The lowest BCUT2D eigenvalue weighted by molar-refractivity contribution is 0.0537. The monoisotopic (exact) mass is 197 g/mol. The van der Waals surface area contributed by atoms with E-state index in [0.29, 0.717) is 12.3 Å². The molecule has 4 heteroatoms. The van der Waals surface area contributed by atoms with Crippen molar-refractivity contribution in [3.8, 4) is 0 Å². The third-order valence-electron chi connectivity index (χ3n) is 1.37. The van der Waals surface area contributed by atoms with E-state index < -0.39 is 11.7 Å². The van der Waals surface area contributed by atoms with Gasteiger partial charge in [-0.15, -0.1) is 0 Å². The summed E-state index contributed by atoms with van der Waals surface area (Å²) < 4.78 is 10.1. The summed E-state index contributed by atoms with van der Waals surface area (Å²) in [6, 6.07) is 0. The molecule has 1 rings (SSSR count). The lowest BCUT2D eigenvalue weighted by Crippen LogP contribution is -2.33. The van der Waals surface area contributed by atoms with Crippen molar-refractivity contribution in [1.82, 2.24) is 5.32 Å². The molecule has 0 saturated carbocycles. The topological polar surface area (TPSA) is 47.6 Å². The summed E-state index contributed by atoms with van der Waals surface area (Å²) in [5.41, 5.74) is 0.220. The first-order valence-electron chi connectivity index (χ1n) is 4.45. The van der Waals surface area contributed by atoms with Crippen molar-refractivity contribution in [2.24, 2.45) is 0 Å². The highest BCUT2D eigenvalue weighted by molar-refractivity contribution is 5.70. The minimum absolute atomic E-state index is 0.371. The van der Waals surface area contributed by atoms with E-state index in [-0.39, 0.29) is 0 Å². The lowest BCUT2D eigenvalue weighted by Gasteiger charge is -2.20. The molecule has 1 amide bonds. The molecule has 0 atom stereocenters. The molecule has 1 aliphatic heterocycles. The van der Waals surface area contributed by atoms with E-state index in [1.807, 2.05) is 20.8 Å². The van der Waals surface area contributed by atoms with Crippen LogP contribution in [-0.2, 0) is 9.47 Å². The van der Waals surface area contributed by atoms with Crippen LogP contribution in [0.25, 0.3) is 0 Å². The first kappa shape index (κ1) is 10.6. The molecule has 0 radical (unpaired) electrons. The summed E-state index contributed by atoms with van der Waals surface area (Å²) in [6.07, 6.45) is 4.60. The van der Waals surface area contributed by atoms with E-state index >= 15 is 0 Å². The molecule has 78 valence electrons. The van der Waals surface area contributed by atoms with Crippen molar-refractivity contribution in [2.75, 3.05) is 6.61 Å². The number of hydrogen-bond acceptors (Lipinski definition) is 3. The number of allylic oxidation sites excluding steroid dienone is 2. The minimum Gasteiger partial charge on any atom is -0.495 e. The van der Waals surface area contributed by atoms with Crippen molar-refractivity contribution in [3.05, 3.63) is 24.1 Å². The Labute approximate surface area is 83.6 Å². The Balaban J connectivity index is 2.41. The van der Waals surface area contributed by atoms with Gasteiger partial charge in [-0.25, -0.2) is 4.79 Å². The van der Waals surface area contributed by atoms with Gasteiger partial charge in [-0.3, -0.25) is 5.32 Å². The number of carbonyl (C=O) groups excluding carboxylic acids is 1. The van der Waals surface area contributed by atoms with Crippen molar-refractivity contribution in [2.45, 2.75) is 26.4 Å². The summed E-state index contributed by atoms with van der Waals surface area (Å²) >= 11 is 0. The van der Waals surface area contributed by atoms with Gasteiger partial charge in [0.2, 0.25) is 0 Å². The third kappa shape index (κ3) is 3.98. The van der Waals surface area contributed by atoms with Crippen molar-refractivity contribution < 1.29 is 14.3 Å². The smallest absolute Gasteiger partial charge is 0.412 e. The second-order valence-corrected chi connectivity index (χ2v) is 3.96. The van der Waals surface area contributed by atoms with Crippen LogP contribution in [0.3, 0.4) is 0 Å². The first-order chi connectivity index (χ1) is 6.47. The molecule has 0 saturated heterocycles. The van der Waals surface area contributed by atoms with Gasteiger partial charge in [0.15, 0.2) is 0 Å². The second kappa shape index (κ2) is 4.17. The molecule has 0 aromatic rings. The fraction of sp³-hybridized carbons (Fsp3) is 0.500. The van der Waals surface area contributed by atoms with Gasteiger partial charge in [-0.05, 0) is 32.9 Å². The molecule has 1 aliphatic rings. The number of carbonyl (C=O) groups is 1. The van der Waals surface area contributed by atoms with Crippen LogP contribution in [0.2, 0.25) is 0 Å². The maximum absolute atomic E-state index is 11.3. The van der Waals surface area contributed by atoms with Gasteiger partial charge in [0.1, 0.15) is 12.2 Å². The van der Waals surface area contributed by atoms with Gasteiger partial charge in [0, 0.05) is 0 Å². The van der Waals surface area contributed by atoms with Crippen LogP contribution < -0.4 is 5.32 Å². The Bertz CT molecular complexity index is 274. The fourth-order valence-electron chi connectivity index (χ4n) is 0.909. The molecule has 0 bridgehead atoms. The lowest BCUT2D eigenvalue weighted by atomic mass is 10.2. The van der Waals surface area contributed by atoms with Gasteiger partial charge >= 0.3 is 6.09 Å². The quantitative estimate of drug-likeness (QED) is 0.698. The molecule has 0 aliphatic carbocycles.